The van der Waals surface area contributed by atoms with Crippen molar-refractivity contribution in [1.29, 1.82) is 0 Å². The maximum Gasteiger partial charge on any atom is 0.293 e. The van der Waals surface area contributed by atoms with Gasteiger partial charge in [0, 0.05) is 44.1 Å². The van der Waals surface area contributed by atoms with Crippen LogP contribution in [0.5, 0.6) is 0 Å². The molecule has 0 radical (unpaired) electrons. The molecule has 0 aliphatic heterocycles. The molecule has 6 heteroatoms. The van der Waals surface area contributed by atoms with Gasteiger partial charge in [-0.25, -0.2) is 4.98 Å². The van der Waals surface area contributed by atoms with Crippen LogP contribution in [0.15, 0.2) is 29.5 Å². The minimum absolute atomic E-state index is 0.0963. The quantitative estimate of drug-likeness (QED) is 0.915. The predicted octanol–water partition coefficient (Wildman–Crippen LogP) is 1.39. The summed E-state index contributed by atoms with van der Waals surface area (Å²) < 4.78 is 3.45. The molecule has 2 rings (SSSR count). The van der Waals surface area contributed by atoms with Crippen molar-refractivity contribution in [3.05, 3.63) is 40.7 Å². The number of aromatic nitrogens is 4. The lowest BCUT2D eigenvalue weighted by molar-refractivity contribution is 0.383. The normalized spacial score (nSPS) is 11.6. The lowest BCUT2D eigenvalue weighted by atomic mass is 10.1. The fourth-order valence-electron chi connectivity index (χ4n) is 1.97. The molecule has 20 heavy (non-hydrogen) atoms. The minimum Gasteiger partial charge on any atom is -0.365 e. The predicted molar refractivity (Wildman–Crippen MR) is 78.9 cm³/mol. The number of hydrogen-bond acceptors (Lipinski definition) is 4. The molecule has 0 fully saturated rings. The molecule has 1 N–H and O–H groups in total. The van der Waals surface area contributed by atoms with Gasteiger partial charge in [0.15, 0.2) is 5.82 Å². The Morgan fingerprint density at radius 3 is 2.65 bits per heavy atom. The maximum atomic E-state index is 12.3. The summed E-state index contributed by atoms with van der Waals surface area (Å²) in [6, 6.07) is 1.97. The molecule has 0 amide bonds. The van der Waals surface area contributed by atoms with Gasteiger partial charge in [0.1, 0.15) is 0 Å². The molecule has 0 unspecified atom stereocenters. The molecule has 2 heterocycles. The number of aryl methyl sites for hydroxylation is 1. The van der Waals surface area contributed by atoms with E-state index >= 15 is 0 Å². The summed E-state index contributed by atoms with van der Waals surface area (Å²) in [5, 5.41) is 7.38. The minimum atomic E-state index is -0.253. The van der Waals surface area contributed by atoms with Crippen molar-refractivity contribution in [3.8, 4) is 0 Å². The van der Waals surface area contributed by atoms with Gasteiger partial charge < -0.3 is 9.88 Å². The lowest BCUT2D eigenvalue weighted by Crippen LogP contribution is -2.35. The first-order valence-corrected chi connectivity index (χ1v) is 6.68. The van der Waals surface area contributed by atoms with Gasteiger partial charge in [0.05, 0.1) is 5.69 Å². The molecule has 2 aromatic heterocycles. The van der Waals surface area contributed by atoms with Crippen molar-refractivity contribution < 1.29 is 0 Å². The van der Waals surface area contributed by atoms with Gasteiger partial charge in [-0.1, -0.05) is 0 Å². The van der Waals surface area contributed by atoms with Crippen LogP contribution in [-0.2, 0) is 19.0 Å². The van der Waals surface area contributed by atoms with Crippen LogP contribution >= 0.6 is 0 Å². The van der Waals surface area contributed by atoms with Crippen molar-refractivity contribution in [3.63, 3.8) is 0 Å². The third kappa shape index (κ3) is 3.26. The molecule has 6 nitrogen and oxygen atoms in total. The number of nitrogens with one attached hydrogen (secondary N) is 1. The Bertz CT molecular complexity index is 635. The van der Waals surface area contributed by atoms with Crippen molar-refractivity contribution >= 4 is 5.82 Å². The maximum absolute atomic E-state index is 12.3. The van der Waals surface area contributed by atoms with E-state index in [0.717, 1.165) is 12.1 Å². The van der Waals surface area contributed by atoms with Crippen LogP contribution in [0.3, 0.4) is 0 Å². The molecule has 0 spiro atoms. The third-order valence-corrected chi connectivity index (χ3v) is 3.01. The summed E-state index contributed by atoms with van der Waals surface area (Å²) in [5.74, 6) is 0.387. The van der Waals surface area contributed by atoms with Crippen LogP contribution in [0, 0.1) is 0 Å². The summed E-state index contributed by atoms with van der Waals surface area (Å²) in [7, 11) is 1.89. The van der Waals surface area contributed by atoms with E-state index in [-0.39, 0.29) is 11.1 Å². The first kappa shape index (κ1) is 14.3. The molecule has 0 aliphatic carbocycles. The lowest BCUT2D eigenvalue weighted by Gasteiger charge is -2.22. The van der Waals surface area contributed by atoms with Crippen molar-refractivity contribution in [2.24, 2.45) is 7.05 Å². The average Bonchev–Trinajstić information content (AvgIpc) is 2.76. The van der Waals surface area contributed by atoms with Crippen LogP contribution in [0.4, 0.5) is 5.82 Å². The van der Waals surface area contributed by atoms with Gasteiger partial charge in [0.25, 0.3) is 5.56 Å². The fourth-order valence-corrected chi connectivity index (χ4v) is 1.97. The molecule has 108 valence electrons. The highest BCUT2D eigenvalue weighted by atomic mass is 16.1. The first-order valence-electron chi connectivity index (χ1n) is 6.68. The average molecular weight is 275 g/mol. The number of nitrogens with zero attached hydrogens (tertiary/aromatic N) is 4. The Morgan fingerprint density at radius 2 is 2.05 bits per heavy atom. The van der Waals surface area contributed by atoms with E-state index in [0.29, 0.717) is 12.4 Å². The van der Waals surface area contributed by atoms with E-state index in [4.69, 9.17) is 0 Å². The van der Waals surface area contributed by atoms with Crippen molar-refractivity contribution in [2.75, 3.05) is 11.9 Å². The second-order valence-corrected chi connectivity index (χ2v) is 5.78. The Hall–Kier alpha value is -2.11. The number of anilines is 1. The Morgan fingerprint density at radius 1 is 1.30 bits per heavy atom. The van der Waals surface area contributed by atoms with E-state index in [1.165, 1.54) is 0 Å². The third-order valence-electron chi connectivity index (χ3n) is 3.01. The topological polar surface area (TPSA) is 64.7 Å². The zero-order valence-electron chi connectivity index (χ0n) is 12.4. The molecular formula is C14H21N5O. The highest BCUT2D eigenvalue weighted by Gasteiger charge is 2.16. The van der Waals surface area contributed by atoms with E-state index in [1.54, 1.807) is 21.6 Å². The van der Waals surface area contributed by atoms with E-state index in [1.807, 2.05) is 40.1 Å². The van der Waals surface area contributed by atoms with Gasteiger partial charge in [-0.2, -0.15) is 5.10 Å². The standard InChI is InChI=1S/C14H21N5O/c1-14(2,3)19-10-8-16-12(13(19)20)15-7-5-11-6-9-18(4)17-11/h6,8-10H,5,7H2,1-4H3,(H,15,16). The molecule has 0 saturated carbocycles. The van der Waals surface area contributed by atoms with Crippen LogP contribution in [0.1, 0.15) is 26.5 Å². The smallest absolute Gasteiger partial charge is 0.293 e. The van der Waals surface area contributed by atoms with Crippen LogP contribution in [-0.4, -0.2) is 25.9 Å². The number of hydrogen-bond donors (Lipinski definition) is 1. The van der Waals surface area contributed by atoms with Crippen LogP contribution in [0.25, 0.3) is 0 Å². The summed E-state index contributed by atoms with van der Waals surface area (Å²) in [4.78, 5) is 16.4. The zero-order valence-corrected chi connectivity index (χ0v) is 12.4. The Kier molecular flexibility index (Phi) is 3.92. The monoisotopic (exact) mass is 275 g/mol. The molecule has 0 atom stereocenters. The molecule has 0 aliphatic rings. The van der Waals surface area contributed by atoms with Crippen molar-refractivity contribution in [2.45, 2.75) is 32.7 Å². The highest BCUT2D eigenvalue weighted by molar-refractivity contribution is 5.31. The van der Waals surface area contributed by atoms with Gasteiger partial charge in [0.2, 0.25) is 0 Å². The largest absolute Gasteiger partial charge is 0.365 e. The summed E-state index contributed by atoms with van der Waals surface area (Å²) >= 11 is 0. The van der Waals surface area contributed by atoms with E-state index < -0.39 is 0 Å². The van der Waals surface area contributed by atoms with E-state index in [9.17, 15) is 4.79 Å². The van der Waals surface area contributed by atoms with Crippen LogP contribution in [0.2, 0.25) is 0 Å². The summed E-state index contributed by atoms with van der Waals surface area (Å²) in [6.45, 7) is 6.61. The van der Waals surface area contributed by atoms with Gasteiger partial charge in [-0.05, 0) is 26.8 Å². The van der Waals surface area contributed by atoms with Crippen LogP contribution < -0.4 is 10.9 Å². The Labute approximate surface area is 118 Å². The van der Waals surface area contributed by atoms with Gasteiger partial charge in [-0.15, -0.1) is 0 Å². The summed E-state index contributed by atoms with van der Waals surface area (Å²) in [5.41, 5.74) is 0.644. The van der Waals surface area contributed by atoms with Gasteiger partial charge in [-0.3, -0.25) is 9.48 Å². The highest BCUT2D eigenvalue weighted by Crippen LogP contribution is 2.10. The number of rotatable bonds is 4. The summed E-state index contributed by atoms with van der Waals surface area (Å²) in [6.07, 6.45) is 6.02. The SMILES string of the molecule is Cn1ccc(CCNc2nccn(C(C)(C)C)c2=O)n1. The van der Waals surface area contributed by atoms with Crippen molar-refractivity contribution in [1.82, 2.24) is 19.3 Å². The molecule has 2 aromatic rings. The second-order valence-electron chi connectivity index (χ2n) is 5.78. The molecule has 0 bridgehead atoms. The second kappa shape index (κ2) is 5.48. The molecular weight excluding hydrogens is 254 g/mol. The van der Waals surface area contributed by atoms with Gasteiger partial charge >= 0.3 is 0 Å². The molecule has 0 saturated heterocycles. The molecule has 0 aromatic carbocycles. The van der Waals surface area contributed by atoms with E-state index in [2.05, 4.69) is 15.4 Å². The Balaban J connectivity index is 2.05. The fraction of sp³-hybridized carbons (Fsp3) is 0.500. The zero-order chi connectivity index (χ0) is 14.8. The first-order chi connectivity index (χ1) is 9.38.